The first-order valence-electron chi connectivity index (χ1n) is 9.77. The van der Waals surface area contributed by atoms with Crippen molar-refractivity contribution in [3.8, 4) is 0 Å². The van der Waals surface area contributed by atoms with E-state index in [0.29, 0.717) is 12.5 Å². The number of aryl methyl sites for hydroxylation is 1. The summed E-state index contributed by atoms with van der Waals surface area (Å²) in [6, 6.07) is 12.9. The average Bonchev–Trinajstić information content (AvgIpc) is 3.37. The Kier molecular flexibility index (Phi) is 9.66. The van der Waals surface area contributed by atoms with Crippen molar-refractivity contribution in [3.05, 3.63) is 76.0 Å². The maximum atomic E-state index is 4.77. The minimum absolute atomic E-state index is 0. The van der Waals surface area contributed by atoms with E-state index in [4.69, 9.17) is 4.99 Å². The summed E-state index contributed by atoms with van der Waals surface area (Å²) < 4.78 is 2.15. The van der Waals surface area contributed by atoms with E-state index in [1.807, 2.05) is 19.3 Å². The molecule has 0 aliphatic rings. The molecule has 0 amide bonds. The summed E-state index contributed by atoms with van der Waals surface area (Å²) in [4.78, 5) is 10.5. The molecule has 0 fully saturated rings. The number of hydrogen-bond acceptors (Lipinski definition) is 3. The third-order valence-electron chi connectivity index (χ3n) is 4.64. The predicted molar refractivity (Wildman–Crippen MR) is 133 cm³/mol. The van der Waals surface area contributed by atoms with Gasteiger partial charge in [-0.15, -0.1) is 35.3 Å². The Balaban J connectivity index is 0.00000300. The fraction of sp³-hybridized carbons (Fsp3) is 0.364. The molecule has 0 saturated heterocycles. The maximum Gasteiger partial charge on any atom is 0.191 e. The zero-order chi connectivity index (χ0) is 19.8. The smallest absolute Gasteiger partial charge is 0.191 e. The Morgan fingerprint density at radius 1 is 1.21 bits per heavy atom. The van der Waals surface area contributed by atoms with E-state index in [9.17, 15) is 0 Å². The molecular formula is C22H30IN5S. The molecule has 29 heavy (non-hydrogen) atoms. The lowest BCUT2D eigenvalue weighted by atomic mass is 10.1. The number of imidazole rings is 1. The summed E-state index contributed by atoms with van der Waals surface area (Å²) in [5.74, 6) is 2.36. The zero-order valence-electron chi connectivity index (χ0n) is 17.3. The number of thiophene rings is 1. The standard InChI is InChI=1S/C22H29N5S.HI/c1-4-23-22(25-14-17(2)21-9-6-12-28-21)26-15-19-7-5-8-20(13-19)16-27-11-10-24-18(27)3;/h5-13,17H,4,14-16H2,1-3H3,(H2,23,25,26);1H. The molecule has 0 bridgehead atoms. The predicted octanol–water partition coefficient (Wildman–Crippen LogP) is 4.78. The molecule has 0 radical (unpaired) electrons. The number of nitrogens with zero attached hydrogens (tertiary/aromatic N) is 3. The minimum Gasteiger partial charge on any atom is -0.357 e. The molecule has 0 spiro atoms. The Morgan fingerprint density at radius 3 is 2.72 bits per heavy atom. The molecule has 5 nitrogen and oxygen atoms in total. The van der Waals surface area contributed by atoms with Crippen LogP contribution in [0, 0.1) is 6.92 Å². The number of halogens is 1. The van der Waals surface area contributed by atoms with Crippen LogP contribution in [-0.2, 0) is 13.1 Å². The quantitative estimate of drug-likeness (QED) is 0.254. The fourth-order valence-electron chi connectivity index (χ4n) is 3.03. The van der Waals surface area contributed by atoms with Crippen LogP contribution >= 0.6 is 35.3 Å². The molecule has 2 N–H and O–H groups in total. The summed E-state index contributed by atoms with van der Waals surface area (Å²) in [5, 5.41) is 8.94. The van der Waals surface area contributed by atoms with Crippen LogP contribution in [0.2, 0.25) is 0 Å². The van der Waals surface area contributed by atoms with E-state index in [-0.39, 0.29) is 24.0 Å². The molecular weight excluding hydrogens is 493 g/mol. The highest BCUT2D eigenvalue weighted by atomic mass is 127. The van der Waals surface area contributed by atoms with Gasteiger partial charge < -0.3 is 15.2 Å². The number of benzene rings is 1. The molecule has 3 aromatic rings. The molecule has 2 aromatic heterocycles. The van der Waals surface area contributed by atoms with Crippen molar-refractivity contribution < 1.29 is 0 Å². The van der Waals surface area contributed by atoms with E-state index in [0.717, 1.165) is 31.4 Å². The van der Waals surface area contributed by atoms with Crippen LogP contribution in [0.1, 0.15) is 41.6 Å². The van der Waals surface area contributed by atoms with Gasteiger partial charge in [-0.25, -0.2) is 9.98 Å². The highest BCUT2D eigenvalue weighted by Gasteiger charge is 2.07. The molecule has 156 valence electrons. The first kappa shape index (κ1) is 23.4. The monoisotopic (exact) mass is 523 g/mol. The zero-order valence-corrected chi connectivity index (χ0v) is 20.4. The van der Waals surface area contributed by atoms with Gasteiger partial charge in [0, 0.05) is 42.8 Å². The van der Waals surface area contributed by atoms with Crippen LogP contribution in [0.5, 0.6) is 0 Å². The van der Waals surface area contributed by atoms with E-state index in [1.165, 1.54) is 16.0 Å². The number of aliphatic imine (C=N–C) groups is 1. The second-order valence-electron chi connectivity index (χ2n) is 6.91. The summed E-state index contributed by atoms with van der Waals surface area (Å²) in [6.07, 6.45) is 3.86. The molecule has 1 unspecified atom stereocenters. The van der Waals surface area contributed by atoms with Gasteiger partial charge in [0.2, 0.25) is 0 Å². The van der Waals surface area contributed by atoms with E-state index >= 15 is 0 Å². The maximum absolute atomic E-state index is 4.77. The van der Waals surface area contributed by atoms with Gasteiger partial charge in [0.1, 0.15) is 5.82 Å². The Bertz CT molecular complexity index is 888. The normalized spacial score (nSPS) is 12.3. The molecule has 0 saturated carbocycles. The third kappa shape index (κ3) is 7.15. The van der Waals surface area contributed by atoms with Crippen LogP contribution in [0.4, 0.5) is 0 Å². The highest BCUT2D eigenvalue weighted by molar-refractivity contribution is 14.0. The van der Waals surface area contributed by atoms with Gasteiger partial charge in [0.15, 0.2) is 5.96 Å². The number of rotatable bonds is 8. The molecule has 1 atom stereocenters. The molecule has 0 aliphatic carbocycles. The first-order valence-corrected chi connectivity index (χ1v) is 10.6. The lowest BCUT2D eigenvalue weighted by molar-refractivity contribution is 0.709. The number of aromatic nitrogens is 2. The van der Waals surface area contributed by atoms with Gasteiger partial charge in [-0.05, 0) is 36.4 Å². The van der Waals surface area contributed by atoms with E-state index in [1.54, 1.807) is 11.3 Å². The largest absolute Gasteiger partial charge is 0.357 e. The molecule has 3 rings (SSSR count). The number of guanidine groups is 1. The van der Waals surface area contributed by atoms with Crippen molar-refractivity contribution in [2.75, 3.05) is 13.1 Å². The SMILES string of the molecule is CCNC(=NCc1cccc(Cn2ccnc2C)c1)NCC(C)c1cccs1.I. The number of nitrogens with one attached hydrogen (secondary N) is 2. The third-order valence-corrected chi connectivity index (χ3v) is 5.74. The van der Waals surface area contributed by atoms with Gasteiger partial charge in [-0.1, -0.05) is 37.3 Å². The van der Waals surface area contributed by atoms with Crippen molar-refractivity contribution in [1.29, 1.82) is 0 Å². The van der Waals surface area contributed by atoms with Crippen molar-refractivity contribution >= 4 is 41.3 Å². The van der Waals surface area contributed by atoms with E-state index < -0.39 is 0 Å². The summed E-state index contributed by atoms with van der Waals surface area (Å²) in [7, 11) is 0. The van der Waals surface area contributed by atoms with Gasteiger partial charge >= 0.3 is 0 Å². The molecule has 0 aliphatic heterocycles. The molecule has 2 heterocycles. The van der Waals surface area contributed by atoms with Crippen LogP contribution in [0.15, 0.2) is 59.2 Å². The van der Waals surface area contributed by atoms with Gasteiger partial charge in [0.25, 0.3) is 0 Å². The molecule has 1 aromatic carbocycles. The Hall–Kier alpha value is -1.87. The minimum atomic E-state index is 0. The Morgan fingerprint density at radius 2 is 2.03 bits per heavy atom. The lowest BCUT2D eigenvalue weighted by Crippen LogP contribution is -2.39. The highest BCUT2D eigenvalue weighted by Crippen LogP contribution is 2.19. The summed E-state index contributed by atoms with van der Waals surface area (Å²) in [5.41, 5.74) is 2.47. The average molecular weight is 523 g/mol. The van der Waals surface area contributed by atoms with Crippen molar-refractivity contribution in [2.45, 2.75) is 39.8 Å². The van der Waals surface area contributed by atoms with Gasteiger partial charge in [0.05, 0.1) is 6.54 Å². The van der Waals surface area contributed by atoms with Gasteiger partial charge in [-0.3, -0.25) is 0 Å². The van der Waals surface area contributed by atoms with Crippen molar-refractivity contribution in [1.82, 2.24) is 20.2 Å². The second-order valence-corrected chi connectivity index (χ2v) is 7.89. The van der Waals surface area contributed by atoms with Gasteiger partial charge in [-0.2, -0.15) is 0 Å². The fourth-order valence-corrected chi connectivity index (χ4v) is 3.82. The summed E-state index contributed by atoms with van der Waals surface area (Å²) in [6.45, 7) is 9.56. The Labute approximate surface area is 194 Å². The van der Waals surface area contributed by atoms with Crippen LogP contribution < -0.4 is 10.6 Å². The topological polar surface area (TPSA) is 54.2 Å². The van der Waals surface area contributed by atoms with Crippen LogP contribution in [0.3, 0.4) is 0 Å². The first-order chi connectivity index (χ1) is 13.7. The second kappa shape index (κ2) is 12.0. The van der Waals surface area contributed by atoms with E-state index in [2.05, 4.69) is 75.8 Å². The number of hydrogen-bond donors (Lipinski definition) is 2. The van der Waals surface area contributed by atoms with Crippen LogP contribution in [0.25, 0.3) is 0 Å². The van der Waals surface area contributed by atoms with Crippen LogP contribution in [-0.4, -0.2) is 28.6 Å². The van der Waals surface area contributed by atoms with Crippen molar-refractivity contribution in [3.63, 3.8) is 0 Å². The summed E-state index contributed by atoms with van der Waals surface area (Å²) >= 11 is 1.80. The molecule has 7 heteroatoms. The van der Waals surface area contributed by atoms with Crippen molar-refractivity contribution in [2.24, 2.45) is 4.99 Å². The lowest BCUT2D eigenvalue weighted by Gasteiger charge is -2.15.